The van der Waals surface area contributed by atoms with Crippen LogP contribution in [0.15, 0.2) is 46.9 Å². The number of benzene rings is 2. The lowest BCUT2D eigenvalue weighted by Gasteiger charge is -2.20. The van der Waals surface area contributed by atoms with Crippen molar-refractivity contribution in [1.29, 1.82) is 5.26 Å². The molecule has 0 N–H and O–H groups in total. The van der Waals surface area contributed by atoms with E-state index in [0.29, 0.717) is 23.4 Å². The zero-order valence-corrected chi connectivity index (χ0v) is 15.5. The Morgan fingerprint density at radius 3 is 2.50 bits per heavy atom. The van der Waals surface area contributed by atoms with Gasteiger partial charge in [0.1, 0.15) is 5.75 Å². The summed E-state index contributed by atoms with van der Waals surface area (Å²) in [6.07, 6.45) is -0.0188. The van der Waals surface area contributed by atoms with Crippen LogP contribution < -0.4 is 4.74 Å². The number of hydrogen-bond acceptors (Lipinski definition) is 3. The van der Waals surface area contributed by atoms with Gasteiger partial charge >= 0.3 is 0 Å². The molecule has 0 heterocycles. The van der Waals surface area contributed by atoms with E-state index in [4.69, 9.17) is 10.00 Å². The molecule has 0 radical (unpaired) electrons. The van der Waals surface area contributed by atoms with Crippen LogP contribution in [0.4, 0.5) is 0 Å². The van der Waals surface area contributed by atoms with Crippen molar-refractivity contribution in [2.75, 3.05) is 7.05 Å². The Hall–Kier alpha value is -2.32. The number of carbonyl (C=O) groups excluding carboxylic acids is 1. The first-order valence-electron chi connectivity index (χ1n) is 7.61. The standard InChI is InChI=1S/C19H19BrN2O2/c1-13(2)24-18-10-16(20)8-9-17(18)19(23)22(3)12-15-6-4-14(11-21)5-7-15/h4-10,13H,12H2,1-3H3. The molecule has 1 amide bonds. The minimum absolute atomic E-state index is 0.0188. The Morgan fingerprint density at radius 2 is 1.92 bits per heavy atom. The second-order valence-electron chi connectivity index (χ2n) is 5.78. The van der Waals surface area contributed by atoms with Gasteiger partial charge in [0.2, 0.25) is 0 Å². The molecule has 2 rings (SSSR count). The highest BCUT2D eigenvalue weighted by atomic mass is 79.9. The van der Waals surface area contributed by atoms with E-state index in [0.717, 1.165) is 10.0 Å². The summed E-state index contributed by atoms with van der Waals surface area (Å²) in [5.41, 5.74) is 2.10. The van der Waals surface area contributed by atoms with Gasteiger partial charge in [0.15, 0.2) is 0 Å². The first kappa shape index (κ1) is 18.0. The van der Waals surface area contributed by atoms with Gasteiger partial charge in [-0.3, -0.25) is 4.79 Å². The van der Waals surface area contributed by atoms with Crippen molar-refractivity contribution >= 4 is 21.8 Å². The number of ether oxygens (including phenoxy) is 1. The maximum atomic E-state index is 12.8. The first-order valence-corrected chi connectivity index (χ1v) is 8.40. The summed E-state index contributed by atoms with van der Waals surface area (Å²) in [5, 5.41) is 8.84. The molecule has 0 aromatic heterocycles. The van der Waals surface area contributed by atoms with E-state index < -0.39 is 0 Å². The van der Waals surface area contributed by atoms with E-state index in [-0.39, 0.29) is 12.0 Å². The maximum absolute atomic E-state index is 12.8. The largest absolute Gasteiger partial charge is 0.490 e. The third-order valence-electron chi connectivity index (χ3n) is 3.39. The SMILES string of the molecule is CC(C)Oc1cc(Br)ccc1C(=O)N(C)Cc1ccc(C#N)cc1. The Bertz CT molecular complexity index is 764. The molecule has 0 aliphatic heterocycles. The van der Waals surface area contributed by atoms with Gasteiger partial charge in [0.05, 0.1) is 23.3 Å². The molecule has 0 fully saturated rings. The third kappa shape index (κ3) is 4.59. The minimum atomic E-state index is -0.109. The maximum Gasteiger partial charge on any atom is 0.257 e. The summed E-state index contributed by atoms with van der Waals surface area (Å²) in [6.45, 7) is 4.31. The Morgan fingerprint density at radius 1 is 1.25 bits per heavy atom. The van der Waals surface area contributed by atoms with Crippen LogP contribution in [-0.4, -0.2) is 24.0 Å². The van der Waals surface area contributed by atoms with E-state index in [2.05, 4.69) is 22.0 Å². The Labute approximate surface area is 150 Å². The number of carbonyl (C=O) groups is 1. The van der Waals surface area contributed by atoms with Gasteiger partial charge in [-0.05, 0) is 49.7 Å². The molecule has 0 aliphatic rings. The third-order valence-corrected chi connectivity index (χ3v) is 3.88. The van der Waals surface area contributed by atoms with E-state index in [1.807, 2.05) is 38.1 Å². The Balaban J connectivity index is 2.19. The highest BCUT2D eigenvalue weighted by molar-refractivity contribution is 9.10. The lowest BCUT2D eigenvalue weighted by Crippen LogP contribution is -2.27. The van der Waals surface area contributed by atoms with Crippen molar-refractivity contribution in [3.05, 3.63) is 63.6 Å². The zero-order valence-electron chi connectivity index (χ0n) is 13.9. The van der Waals surface area contributed by atoms with Crippen molar-refractivity contribution < 1.29 is 9.53 Å². The second-order valence-corrected chi connectivity index (χ2v) is 6.69. The summed E-state index contributed by atoms with van der Waals surface area (Å²) >= 11 is 3.41. The molecule has 0 saturated carbocycles. The van der Waals surface area contributed by atoms with E-state index >= 15 is 0 Å². The average Bonchev–Trinajstić information content (AvgIpc) is 2.54. The van der Waals surface area contributed by atoms with Gasteiger partial charge in [-0.25, -0.2) is 0 Å². The predicted octanol–water partition coefficient (Wildman–Crippen LogP) is 4.38. The summed E-state index contributed by atoms with van der Waals surface area (Å²) in [7, 11) is 1.75. The van der Waals surface area contributed by atoms with Gasteiger partial charge < -0.3 is 9.64 Å². The number of amides is 1. The van der Waals surface area contributed by atoms with Crippen molar-refractivity contribution in [2.24, 2.45) is 0 Å². The molecule has 0 saturated heterocycles. The van der Waals surface area contributed by atoms with Crippen molar-refractivity contribution in [2.45, 2.75) is 26.5 Å². The van der Waals surface area contributed by atoms with Crippen LogP contribution in [0.1, 0.15) is 35.3 Å². The number of halogens is 1. The average molecular weight is 387 g/mol. The smallest absolute Gasteiger partial charge is 0.257 e. The van der Waals surface area contributed by atoms with Gasteiger partial charge in [0, 0.05) is 18.1 Å². The van der Waals surface area contributed by atoms with E-state index in [1.165, 1.54) is 0 Å². The molecule has 2 aromatic carbocycles. The van der Waals surface area contributed by atoms with Crippen LogP contribution in [0.2, 0.25) is 0 Å². The van der Waals surface area contributed by atoms with Crippen LogP contribution in [0.5, 0.6) is 5.75 Å². The summed E-state index contributed by atoms with van der Waals surface area (Å²) in [6, 6.07) is 14.7. The molecular formula is C19H19BrN2O2. The molecule has 124 valence electrons. The van der Waals surface area contributed by atoms with Crippen molar-refractivity contribution in [1.82, 2.24) is 4.90 Å². The zero-order chi connectivity index (χ0) is 17.7. The van der Waals surface area contributed by atoms with Crippen LogP contribution in [0.3, 0.4) is 0 Å². The van der Waals surface area contributed by atoms with E-state index in [1.54, 1.807) is 30.1 Å². The number of nitrogens with zero attached hydrogens (tertiary/aromatic N) is 2. The van der Waals surface area contributed by atoms with Crippen LogP contribution in [-0.2, 0) is 6.54 Å². The molecule has 0 aliphatic carbocycles. The lowest BCUT2D eigenvalue weighted by molar-refractivity contribution is 0.0779. The highest BCUT2D eigenvalue weighted by Gasteiger charge is 2.18. The topological polar surface area (TPSA) is 53.3 Å². The second kappa shape index (κ2) is 7.98. The van der Waals surface area contributed by atoms with Gasteiger partial charge in [-0.2, -0.15) is 5.26 Å². The molecule has 4 nitrogen and oxygen atoms in total. The molecule has 2 aromatic rings. The summed E-state index contributed by atoms with van der Waals surface area (Å²) in [5.74, 6) is 0.457. The van der Waals surface area contributed by atoms with Crippen LogP contribution in [0, 0.1) is 11.3 Å². The number of nitriles is 1. The molecule has 0 atom stereocenters. The molecule has 0 unspecified atom stereocenters. The fraction of sp³-hybridized carbons (Fsp3) is 0.263. The molecule has 24 heavy (non-hydrogen) atoms. The number of hydrogen-bond donors (Lipinski definition) is 0. The lowest BCUT2D eigenvalue weighted by atomic mass is 10.1. The summed E-state index contributed by atoms with van der Waals surface area (Å²) < 4.78 is 6.63. The van der Waals surface area contributed by atoms with Gasteiger partial charge in [-0.1, -0.05) is 28.1 Å². The molecule has 0 spiro atoms. The van der Waals surface area contributed by atoms with Gasteiger partial charge in [0.25, 0.3) is 5.91 Å². The fourth-order valence-corrected chi connectivity index (χ4v) is 2.60. The predicted molar refractivity (Wildman–Crippen MR) is 96.9 cm³/mol. The number of rotatable bonds is 5. The monoisotopic (exact) mass is 386 g/mol. The van der Waals surface area contributed by atoms with E-state index in [9.17, 15) is 4.79 Å². The summed E-state index contributed by atoms with van der Waals surface area (Å²) in [4.78, 5) is 14.4. The molecular weight excluding hydrogens is 368 g/mol. The quantitative estimate of drug-likeness (QED) is 0.765. The Kier molecular flexibility index (Phi) is 5.99. The van der Waals surface area contributed by atoms with Crippen molar-refractivity contribution in [3.63, 3.8) is 0 Å². The first-order chi connectivity index (χ1) is 11.4. The molecule has 5 heteroatoms. The highest BCUT2D eigenvalue weighted by Crippen LogP contribution is 2.26. The normalized spacial score (nSPS) is 10.3. The van der Waals surface area contributed by atoms with Crippen molar-refractivity contribution in [3.8, 4) is 11.8 Å². The van der Waals surface area contributed by atoms with Gasteiger partial charge in [-0.15, -0.1) is 0 Å². The molecule has 0 bridgehead atoms. The fourth-order valence-electron chi connectivity index (χ4n) is 2.26. The minimum Gasteiger partial charge on any atom is -0.490 e. The van der Waals surface area contributed by atoms with Crippen LogP contribution in [0.25, 0.3) is 0 Å². The van der Waals surface area contributed by atoms with Crippen LogP contribution >= 0.6 is 15.9 Å².